The Balaban J connectivity index is 1.71. The number of pyridine rings is 1. The van der Waals surface area contributed by atoms with Crippen LogP contribution in [0.4, 0.5) is 5.82 Å². The molecule has 0 spiro atoms. The highest BCUT2D eigenvalue weighted by Crippen LogP contribution is 2.33. The molecule has 3 aromatic heterocycles. The fourth-order valence-electron chi connectivity index (χ4n) is 2.63. The van der Waals surface area contributed by atoms with E-state index in [0.717, 1.165) is 19.3 Å². The molecule has 1 aliphatic carbocycles. The van der Waals surface area contributed by atoms with Crippen LogP contribution in [0.5, 0.6) is 0 Å². The Morgan fingerprint density at radius 1 is 1.18 bits per heavy atom. The minimum absolute atomic E-state index is 0.162. The predicted octanol–water partition coefficient (Wildman–Crippen LogP) is 2.06. The van der Waals surface area contributed by atoms with Crippen LogP contribution in [-0.2, 0) is 10.0 Å². The summed E-state index contributed by atoms with van der Waals surface area (Å²) in [6, 6.07) is 7.29. The normalized spacial score (nSPS) is 15.8. The van der Waals surface area contributed by atoms with E-state index < -0.39 is 10.0 Å². The van der Waals surface area contributed by atoms with Gasteiger partial charge in [-0.1, -0.05) is 6.07 Å². The standard InChI is InChI=1S/C14H15N5O2S/c20-22(21,13-10-16-18-9-2-1-6-12(13)18)17-14-7-8-15-19(14)11-4-3-5-11/h1-2,6-11,17H,3-5H2. The summed E-state index contributed by atoms with van der Waals surface area (Å²) in [5.41, 5.74) is 0.546. The van der Waals surface area contributed by atoms with Crippen molar-refractivity contribution in [3.8, 4) is 0 Å². The van der Waals surface area contributed by atoms with Gasteiger partial charge in [0.05, 0.1) is 24.0 Å². The molecular weight excluding hydrogens is 302 g/mol. The Bertz CT molecular complexity index is 924. The summed E-state index contributed by atoms with van der Waals surface area (Å²) in [5, 5.41) is 8.31. The Morgan fingerprint density at radius 2 is 2.05 bits per heavy atom. The number of fused-ring (bicyclic) bond motifs is 1. The number of hydrogen-bond acceptors (Lipinski definition) is 4. The van der Waals surface area contributed by atoms with Crippen LogP contribution < -0.4 is 4.72 Å². The first-order chi connectivity index (χ1) is 10.6. The zero-order valence-corrected chi connectivity index (χ0v) is 12.6. The Hall–Kier alpha value is -2.35. The molecule has 0 unspecified atom stereocenters. The molecule has 3 heterocycles. The van der Waals surface area contributed by atoms with E-state index >= 15 is 0 Å². The Morgan fingerprint density at radius 3 is 2.82 bits per heavy atom. The lowest BCUT2D eigenvalue weighted by Crippen LogP contribution is -2.22. The number of sulfonamides is 1. The van der Waals surface area contributed by atoms with Gasteiger partial charge in [-0.3, -0.25) is 4.72 Å². The van der Waals surface area contributed by atoms with Gasteiger partial charge in [0.15, 0.2) is 0 Å². The molecule has 0 amide bonds. The third-order valence-corrected chi connectivity index (χ3v) is 5.38. The average Bonchev–Trinajstić information content (AvgIpc) is 3.04. The summed E-state index contributed by atoms with van der Waals surface area (Å²) in [4.78, 5) is 0.162. The van der Waals surface area contributed by atoms with Gasteiger partial charge >= 0.3 is 0 Å². The van der Waals surface area contributed by atoms with Crippen molar-refractivity contribution in [1.82, 2.24) is 19.4 Å². The van der Waals surface area contributed by atoms with Gasteiger partial charge in [0, 0.05) is 12.3 Å². The molecule has 0 aliphatic heterocycles. The van der Waals surface area contributed by atoms with Gasteiger partial charge in [-0.2, -0.15) is 10.2 Å². The largest absolute Gasteiger partial charge is 0.266 e. The van der Waals surface area contributed by atoms with E-state index in [1.54, 1.807) is 41.3 Å². The molecule has 0 aromatic carbocycles. The lowest BCUT2D eigenvalue weighted by atomic mass is 9.93. The van der Waals surface area contributed by atoms with E-state index in [2.05, 4.69) is 14.9 Å². The second kappa shape index (κ2) is 4.84. The van der Waals surface area contributed by atoms with Gasteiger partial charge in [-0.05, 0) is 31.4 Å². The van der Waals surface area contributed by atoms with Crippen molar-refractivity contribution in [2.24, 2.45) is 0 Å². The molecule has 3 aromatic rings. The summed E-state index contributed by atoms with van der Waals surface area (Å²) in [5.74, 6) is 0.500. The van der Waals surface area contributed by atoms with Crippen molar-refractivity contribution >= 4 is 21.4 Å². The molecule has 22 heavy (non-hydrogen) atoms. The van der Waals surface area contributed by atoms with E-state index in [-0.39, 0.29) is 10.9 Å². The summed E-state index contributed by atoms with van der Waals surface area (Å²) in [6.45, 7) is 0. The first-order valence-electron chi connectivity index (χ1n) is 7.14. The number of aromatic nitrogens is 4. The monoisotopic (exact) mass is 317 g/mol. The molecule has 0 radical (unpaired) electrons. The van der Waals surface area contributed by atoms with Crippen LogP contribution in [0.25, 0.3) is 5.52 Å². The van der Waals surface area contributed by atoms with Gasteiger partial charge in [0.1, 0.15) is 10.7 Å². The Labute approximate surface area is 127 Å². The van der Waals surface area contributed by atoms with E-state index in [9.17, 15) is 8.42 Å². The van der Waals surface area contributed by atoms with Gasteiger partial charge in [0.2, 0.25) is 0 Å². The van der Waals surface area contributed by atoms with Crippen LogP contribution in [-0.4, -0.2) is 27.8 Å². The topological polar surface area (TPSA) is 81.3 Å². The summed E-state index contributed by atoms with van der Waals surface area (Å²) < 4.78 is 31.2. The average molecular weight is 317 g/mol. The molecule has 0 bridgehead atoms. The highest BCUT2D eigenvalue weighted by Gasteiger charge is 2.25. The SMILES string of the molecule is O=S(=O)(Nc1ccnn1C1CCC1)c1cnn2ccccc12. The highest BCUT2D eigenvalue weighted by atomic mass is 32.2. The zero-order valence-electron chi connectivity index (χ0n) is 11.8. The van der Waals surface area contributed by atoms with Crippen molar-refractivity contribution in [2.45, 2.75) is 30.2 Å². The lowest BCUT2D eigenvalue weighted by molar-refractivity contribution is 0.293. The van der Waals surface area contributed by atoms with Gasteiger partial charge < -0.3 is 0 Å². The van der Waals surface area contributed by atoms with Crippen LogP contribution in [0.3, 0.4) is 0 Å². The molecule has 1 N–H and O–H groups in total. The molecule has 1 aliphatic rings. The van der Waals surface area contributed by atoms with Crippen molar-refractivity contribution in [3.05, 3.63) is 42.9 Å². The highest BCUT2D eigenvalue weighted by molar-refractivity contribution is 7.93. The molecule has 8 heteroatoms. The van der Waals surface area contributed by atoms with E-state index in [0.29, 0.717) is 11.3 Å². The quantitative estimate of drug-likeness (QED) is 0.798. The number of rotatable bonds is 4. The van der Waals surface area contributed by atoms with Gasteiger partial charge in [-0.25, -0.2) is 17.6 Å². The molecule has 0 saturated heterocycles. The van der Waals surface area contributed by atoms with Crippen molar-refractivity contribution < 1.29 is 8.42 Å². The molecule has 4 rings (SSSR count). The number of anilines is 1. The Kier molecular flexibility index (Phi) is 2.93. The zero-order chi connectivity index (χ0) is 15.2. The third kappa shape index (κ3) is 2.07. The third-order valence-electron chi connectivity index (χ3n) is 4.01. The van der Waals surface area contributed by atoms with E-state index in [1.165, 1.54) is 10.7 Å². The maximum atomic E-state index is 12.7. The van der Waals surface area contributed by atoms with Gasteiger partial charge in [0.25, 0.3) is 10.0 Å². The first kappa shape index (κ1) is 13.3. The van der Waals surface area contributed by atoms with Crippen molar-refractivity contribution in [1.29, 1.82) is 0 Å². The summed E-state index contributed by atoms with van der Waals surface area (Å²) >= 11 is 0. The van der Waals surface area contributed by atoms with Crippen molar-refractivity contribution in [2.75, 3.05) is 4.72 Å². The molecular formula is C14H15N5O2S. The van der Waals surface area contributed by atoms with Crippen LogP contribution in [0, 0.1) is 0 Å². The first-order valence-corrected chi connectivity index (χ1v) is 8.62. The van der Waals surface area contributed by atoms with Crippen LogP contribution in [0.2, 0.25) is 0 Å². The van der Waals surface area contributed by atoms with Crippen molar-refractivity contribution in [3.63, 3.8) is 0 Å². The second-order valence-corrected chi connectivity index (χ2v) is 7.04. The molecule has 7 nitrogen and oxygen atoms in total. The summed E-state index contributed by atoms with van der Waals surface area (Å²) in [7, 11) is -3.70. The fraction of sp³-hybridized carbons (Fsp3) is 0.286. The fourth-order valence-corrected chi connectivity index (χ4v) is 3.80. The second-order valence-electron chi connectivity index (χ2n) is 5.39. The van der Waals surface area contributed by atoms with Crippen LogP contribution in [0.1, 0.15) is 25.3 Å². The molecule has 0 atom stereocenters. The minimum Gasteiger partial charge on any atom is -0.263 e. The van der Waals surface area contributed by atoms with Crippen LogP contribution >= 0.6 is 0 Å². The smallest absolute Gasteiger partial charge is 0.263 e. The van der Waals surface area contributed by atoms with Crippen LogP contribution in [0.15, 0.2) is 47.8 Å². The molecule has 1 fully saturated rings. The lowest BCUT2D eigenvalue weighted by Gasteiger charge is -2.27. The maximum Gasteiger partial charge on any atom is 0.266 e. The maximum absolute atomic E-state index is 12.7. The summed E-state index contributed by atoms with van der Waals surface area (Å²) in [6.07, 6.45) is 7.92. The number of hydrogen-bond donors (Lipinski definition) is 1. The minimum atomic E-state index is -3.70. The molecule has 114 valence electrons. The van der Waals surface area contributed by atoms with Gasteiger partial charge in [-0.15, -0.1) is 0 Å². The van der Waals surface area contributed by atoms with E-state index in [4.69, 9.17) is 0 Å². The predicted molar refractivity (Wildman–Crippen MR) is 81.1 cm³/mol. The van der Waals surface area contributed by atoms with E-state index in [1.807, 2.05) is 0 Å². The number of nitrogens with one attached hydrogen (secondary N) is 1. The number of nitrogens with zero attached hydrogens (tertiary/aromatic N) is 4. The molecule has 1 saturated carbocycles.